The van der Waals surface area contributed by atoms with E-state index in [9.17, 15) is 9.59 Å². The van der Waals surface area contributed by atoms with Crippen molar-refractivity contribution in [3.05, 3.63) is 48.5 Å². The number of aliphatic carboxylic acids is 1. The molecule has 104 valence electrons. The second-order valence-corrected chi connectivity index (χ2v) is 4.38. The minimum Gasteiger partial charge on any atom is -0.481 e. The molecule has 1 aromatic carbocycles. The van der Waals surface area contributed by atoms with Crippen LogP contribution >= 0.6 is 0 Å². The topological polar surface area (TPSA) is 84.2 Å². The van der Waals surface area contributed by atoms with Crippen LogP contribution in [0.2, 0.25) is 0 Å². The van der Waals surface area contributed by atoms with Gasteiger partial charge in [-0.05, 0) is 17.7 Å². The number of amides is 1. The Morgan fingerprint density at radius 2 is 2.15 bits per heavy atom. The third-order valence-corrected chi connectivity index (χ3v) is 2.70. The van der Waals surface area contributed by atoms with E-state index in [2.05, 4.69) is 10.3 Å². The number of rotatable bonds is 6. The van der Waals surface area contributed by atoms with Gasteiger partial charge in [0.2, 0.25) is 5.91 Å². The second kappa shape index (κ2) is 6.51. The number of nitrogens with one attached hydrogen (secondary N) is 1. The number of imidazole rings is 1. The van der Waals surface area contributed by atoms with Gasteiger partial charge >= 0.3 is 5.97 Å². The van der Waals surface area contributed by atoms with Crippen LogP contribution in [0, 0.1) is 0 Å². The normalized spacial score (nSPS) is 10.2. The van der Waals surface area contributed by atoms with Crippen molar-refractivity contribution >= 4 is 17.6 Å². The van der Waals surface area contributed by atoms with Gasteiger partial charge in [-0.2, -0.15) is 0 Å². The number of carboxylic acids is 1. The van der Waals surface area contributed by atoms with Crippen molar-refractivity contribution < 1.29 is 14.7 Å². The van der Waals surface area contributed by atoms with Gasteiger partial charge in [0.05, 0.1) is 12.7 Å². The van der Waals surface area contributed by atoms with Crippen LogP contribution in [-0.4, -0.2) is 26.5 Å². The van der Waals surface area contributed by atoms with Crippen LogP contribution in [0.15, 0.2) is 43.0 Å². The molecule has 0 aliphatic carbocycles. The maximum Gasteiger partial charge on any atom is 0.303 e. The molecule has 1 heterocycles. The lowest BCUT2D eigenvalue weighted by atomic mass is 10.2. The molecule has 2 aromatic rings. The second-order valence-electron chi connectivity index (χ2n) is 4.38. The molecule has 0 saturated carbocycles. The van der Waals surface area contributed by atoms with Gasteiger partial charge < -0.3 is 15.0 Å². The molecule has 0 spiro atoms. The Balaban J connectivity index is 1.95. The van der Waals surface area contributed by atoms with E-state index in [0.717, 1.165) is 5.56 Å². The van der Waals surface area contributed by atoms with Gasteiger partial charge in [0, 0.05) is 31.0 Å². The number of aromatic nitrogens is 2. The van der Waals surface area contributed by atoms with E-state index in [1.165, 1.54) is 0 Å². The van der Waals surface area contributed by atoms with Gasteiger partial charge in [-0.1, -0.05) is 12.1 Å². The highest BCUT2D eigenvalue weighted by Gasteiger charge is 2.06. The minimum absolute atomic E-state index is 0.0267. The summed E-state index contributed by atoms with van der Waals surface area (Å²) in [7, 11) is 0. The molecule has 1 amide bonds. The monoisotopic (exact) mass is 273 g/mol. The van der Waals surface area contributed by atoms with E-state index >= 15 is 0 Å². The van der Waals surface area contributed by atoms with Crippen molar-refractivity contribution in [3.63, 3.8) is 0 Å². The van der Waals surface area contributed by atoms with E-state index in [1.54, 1.807) is 18.6 Å². The fraction of sp³-hybridized carbons (Fsp3) is 0.214. The van der Waals surface area contributed by atoms with Gasteiger partial charge in [0.15, 0.2) is 0 Å². The van der Waals surface area contributed by atoms with Crippen LogP contribution in [0.5, 0.6) is 0 Å². The SMILES string of the molecule is O=C(O)CCC(=O)Nc1cccc(Cn2ccnc2)c1. The van der Waals surface area contributed by atoms with Crippen LogP contribution in [0.3, 0.4) is 0 Å². The molecule has 0 atom stereocenters. The summed E-state index contributed by atoms with van der Waals surface area (Å²) in [5, 5.41) is 11.2. The fourth-order valence-electron chi connectivity index (χ4n) is 1.78. The molecular formula is C14H15N3O3. The zero-order valence-corrected chi connectivity index (χ0v) is 10.8. The van der Waals surface area contributed by atoms with Crippen molar-refractivity contribution in [1.29, 1.82) is 0 Å². The van der Waals surface area contributed by atoms with E-state index in [1.807, 2.05) is 29.0 Å². The van der Waals surface area contributed by atoms with Gasteiger partial charge in [-0.25, -0.2) is 4.98 Å². The summed E-state index contributed by atoms with van der Waals surface area (Å²) in [6, 6.07) is 7.43. The highest BCUT2D eigenvalue weighted by atomic mass is 16.4. The Morgan fingerprint density at radius 1 is 1.30 bits per heavy atom. The largest absolute Gasteiger partial charge is 0.481 e. The lowest BCUT2D eigenvalue weighted by Gasteiger charge is -2.07. The number of carbonyl (C=O) groups is 2. The van der Waals surface area contributed by atoms with E-state index in [4.69, 9.17) is 5.11 Å². The van der Waals surface area contributed by atoms with Crippen LogP contribution in [0.25, 0.3) is 0 Å². The molecule has 0 radical (unpaired) electrons. The van der Waals surface area contributed by atoms with Crippen molar-refractivity contribution in [2.24, 2.45) is 0 Å². The first kappa shape index (κ1) is 13.8. The molecule has 6 nitrogen and oxygen atoms in total. The Hall–Kier alpha value is -2.63. The molecule has 0 bridgehead atoms. The molecule has 6 heteroatoms. The number of hydrogen-bond donors (Lipinski definition) is 2. The molecule has 0 aliphatic heterocycles. The standard InChI is InChI=1S/C14H15N3O3/c18-13(4-5-14(19)20)16-12-3-1-2-11(8-12)9-17-7-6-15-10-17/h1-3,6-8,10H,4-5,9H2,(H,16,18)(H,19,20). The quantitative estimate of drug-likeness (QED) is 0.839. The van der Waals surface area contributed by atoms with Crippen molar-refractivity contribution in [2.45, 2.75) is 19.4 Å². The maximum atomic E-state index is 11.6. The van der Waals surface area contributed by atoms with Gasteiger partial charge in [-0.3, -0.25) is 9.59 Å². The molecule has 1 aromatic heterocycles. The van der Waals surface area contributed by atoms with Crippen LogP contribution in [0.1, 0.15) is 18.4 Å². The zero-order valence-electron chi connectivity index (χ0n) is 10.8. The third kappa shape index (κ3) is 4.24. The number of carbonyl (C=O) groups excluding carboxylic acids is 1. The summed E-state index contributed by atoms with van der Waals surface area (Å²) in [6.07, 6.45) is 5.09. The lowest BCUT2D eigenvalue weighted by molar-refractivity contribution is -0.138. The Morgan fingerprint density at radius 3 is 2.85 bits per heavy atom. The van der Waals surface area contributed by atoms with Gasteiger partial charge in [0.25, 0.3) is 0 Å². The average molecular weight is 273 g/mol. The summed E-state index contributed by atoms with van der Waals surface area (Å²) in [5.41, 5.74) is 1.69. The van der Waals surface area contributed by atoms with Crippen LogP contribution in [0.4, 0.5) is 5.69 Å². The highest BCUT2D eigenvalue weighted by Crippen LogP contribution is 2.12. The Bertz CT molecular complexity index is 593. The molecule has 2 N–H and O–H groups in total. The number of anilines is 1. The highest BCUT2D eigenvalue weighted by molar-refractivity contribution is 5.92. The van der Waals surface area contributed by atoms with Gasteiger partial charge in [0.1, 0.15) is 0 Å². The number of hydrogen-bond acceptors (Lipinski definition) is 3. The third-order valence-electron chi connectivity index (χ3n) is 2.70. The molecule has 0 unspecified atom stereocenters. The number of carboxylic acid groups (broad SMARTS) is 1. The number of benzene rings is 1. The van der Waals surface area contributed by atoms with Gasteiger partial charge in [-0.15, -0.1) is 0 Å². The molecular weight excluding hydrogens is 258 g/mol. The summed E-state index contributed by atoms with van der Waals surface area (Å²) < 4.78 is 1.92. The fourth-order valence-corrected chi connectivity index (χ4v) is 1.78. The van der Waals surface area contributed by atoms with Crippen molar-refractivity contribution in [1.82, 2.24) is 9.55 Å². The van der Waals surface area contributed by atoms with Crippen LogP contribution in [-0.2, 0) is 16.1 Å². The average Bonchev–Trinajstić information content (AvgIpc) is 2.89. The minimum atomic E-state index is -0.978. The maximum absolute atomic E-state index is 11.6. The first-order valence-electron chi connectivity index (χ1n) is 6.20. The number of nitrogens with zero attached hydrogens (tertiary/aromatic N) is 2. The Labute approximate surface area is 116 Å². The first-order valence-corrected chi connectivity index (χ1v) is 6.20. The van der Waals surface area contributed by atoms with Crippen LogP contribution < -0.4 is 5.32 Å². The molecule has 0 fully saturated rings. The summed E-state index contributed by atoms with van der Waals surface area (Å²) in [5.74, 6) is -1.28. The summed E-state index contributed by atoms with van der Waals surface area (Å²) in [6.45, 7) is 0.666. The molecule has 20 heavy (non-hydrogen) atoms. The van der Waals surface area contributed by atoms with E-state index < -0.39 is 5.97 Å². The predicted molar refractivity (Wildman–Crippen MR) is 73.3 cm³/mol. The van der Waals surface area contributed by atoms with Crippen molar-refractivity contribution in [2.75, 3.05) is 5.32 Å². The smallest absolute Gasteiger partial charge is 0.303 e. The van der Waals surface area contributed by atoms with E-state index in [0.29, 0.717) is 12.2 Å². The van der Waals surface area contributed by atoms with E-state index in [-0.39, 0.29) is 18.7 Å². The van der Waals surface area contributed by atoms with Crippen molar-refractivity contribution in [3.8, 4) is 0 Å². The molecule has 0 saturated heterocycles. The molecule has 0 aliphatic rings. The summed E-state index contributed by atoms with van der Waals surface area (Å²) >= 11 is 0. The molecule has 2 rings (SSSR count). The lowest BCUT2D eigenvalue weighted by Crippen LogP contribution is -2.13. The Kier molecular flexibility index (Phi) is 4.49. The summed E-state index contributed by atoms with van der Waals surface area (Å²) in [4.78, 5) is 25.9. The predicted octanol–water partition coefficient (Wildman–Crippen LogP) is 1.73. The first-order chi connectivity index (χ1) is 9.63. The zero-order chi connectivity index (χ0) is 14.4.